The van der Waals surface area contributed by atoms with Crippen molar-refractivity contribution in [2.75, 3.05) is 5.32 Å². The third-order valence-electron chi connectivity index (χ3n) is 4.72. The number of rotatable bonds is 5. The standard InChI is InChI=1S/C23H21N3O2/c1-15-10-11-20(16(2)14-15)24-21(27)12-13-22-25-23(26-28-22)19-9-5-7-17-6-3-4-8-18(17)19/h3-11,14H,12-13H2,1-2H3,(H,24,27). The Balaban J connectivity index is 1.44. The van der Waals surface area contributed by atoms with Crippen LogP contribution in [0.4, 0.5) is 5.69 Å². The summed E-state index contributed by atoms with van der Waals surface area (Å²) in [5, 5.41) is 9.24. The first-order valence-electron chi connectivity index (χ1n) is 9.28. The van der Waals surface area contributed by atoms with Crippen molar-refractivity contribution in [2.24, 2.45) is 0 Å². The molecule has 0 saturated heterocycles. The summed E-state index contributed by atoms with van der Waals surface area (Å²) < 4.78 is 5.37. The van der Waals surface area contributed by atoms with Gasteiger partial charge in [-0.3, -0.25) is 4.79 Å². The number of carbonyl (C=O) groups excluding carboxylic acids is 1. The molecule has 5 heteroatoms. The van der Waals surface area contributed by atoms with Gasteiger partial charge in [-0.15, -0.1) is 0 Å². The number of benzene rings is 3. The van der Waals surface area contributed by atoms with Crippen molar-refractivity contribution in [3.8, 4) is 11.4 Å². The van der Waals surface area contributed by atoms with Gasteiger partial charge in [0.15, 0.2) is 0 Å². The molecule has 4 rings (SSSR count). The summed E-state index contributed by atoms with van der Waals surface area (Å²) in [4.78, 5) is 16.8. The zero-order valence-electron chi connectivity index (χ0n) is 15.9. The quantitative estimate of drug-likeness (QED) is 0.531. The van der Waals surface area contributed by atoms with Crippen molar-refractivity contribution in [3.05, 3.63) is 77.7 Å². The van der Waals surface area contributed by atoms with Crippen LogP contribution in [0.25, 0.3) is 22.2 Å². The molecule has 140 valence electrons. The van der Waals surface area contributed by atoms with Crippen LogP contribution in [0.15, 0.2) is 65.2 Å². The van der Waals surface area contributed by atoms with Gasteiger partial charge in [0.05, 0.1) is 0 Å². The van der Waals surface area contributed by atoms with Crippen LogP contribution in [0.3, 0.4) is 0 Å². The number of nitrogens with one attached hydrogen (secondary N) is 1. The zero-order chi connectivity index (χ0) is 19.5. The predicted molar refractivity (Wildman–Crippen MR) is 110 cm³/mol. The zero-order valence-corrected chi connectivity index (χ0v) is 15.9. The second-order valence-corrected chi connectivity index (χ2v) is 6.90. The van der Waals surface area contributed by atoms with Crippen molar-refractivity contribution in [1.29, 1.82) is 0 Å². The Morgan fingerprint density at radius 1 is 1.04 bits per heavy atom. The molecule has 28 heavy (non-hydrogen) atoms. The molecule has 1 N–H and O–H groups in total. The molecule has 0 aliphatic rings. The van der Waals surface area contributed by atoms with E-state index in [1.54, 1.807) is 0 Å². The Labute approximate surface area is 163 Å². The highest BCUT2D eigenvalue weighted by molar-refractivity contribution is 5.95. The number of fused-ring (bicyclic) bond motifs is 1. The van der Waals surface area contributed by atoms with E-state index < -0.39 is 0 Å². The highest BCUT2D eigenvalue weighted by Gasteiger charge is 2.13. The van der Waals surface area contributed by atoms with Gasteiger partial charge in [0.25, 0.3) is 0 Å². The van der Waals surface area contributed by atoms with Crippen molar-refractivity contribution in [2.45, 2.75) is 26.7 Å². The summed E-state index contributed by atoms with van der Waals surface area (Å²) in [6, 6.07) is 20.0. The summed E-state index contributed by atoms with van der Waals surface area (Å²) in [5.41, 5.74) is 3.97. The monoisotopic (exact) mass is 371 g/mol. The first kappa shape index (κ1) is 17.9. The Hall–Kier alpha value is -3.47. The van der Waals surface area contributed by atoms with E-state index in [1.165, 1.54) is 5.56 Å². The molecular weight excluding hydrogens is 350 g/mol. The maximum atomic E-state index is 12.3. The topological polar surface area (TPSA) is 68.0 Å². The number of carbonyl (C=O) groups is 1. The molecule has 4 aromatic rings. The average Bonchev–Trinajstić information content (AvgIpc) is 3.17. The fraction of sp³-hybridized carbons (Fsp3) is 0.174. The maximum absolute atomic E-state index is 12.3. The largest absolute Gasteiger partial charge is 0.339 e. The highest BCUT2D eigenvalue weighted by Crippen LogP contribution is 2.26. The minimum absolute atomic E-state index is 0.0723. The fourth-order valence-electron chi connectivity index (χ4n) is 3.27. The highest BCUT2D eigenvalue weighted by atomic mass is 16.5. The molecule has 0 radical (unpaired) electrons. The number of aryl methyl sites for hydroxylation is 3. The maximum Gasteiger partial charge on any atom is 0.227 e. The lowest BCUT2D eigenvalue weighted by atomic mass is 10.0. The lowest BCUT2D eigenvalue weighted by molar-refractivity contribution is -0.116. The minimum atomic E-state index is -0.0723. The van der Waals surface area contributed by atoms with E-state index in [9.17, 15) is 4.79 Å². The number of nitrogens with zero attached hydrogens (tertiary/aromatic N) is 2. The van der Waals surface area contributed by atoms with Crippen LogP contribution < -0.4 is 5.32 Å². The second kappa shape index (κ2) is 7.64. The third kappa shape index (κ3) is 3.78. The van der Waals surface area contributed by atoms with E-state index in [-0.39, 0.29) is 12.3 Å². The number of anilines is 1. The summed E-state index contributed by atoms with van der Waals surface area (Å²) >= 11 is 0. The average molecular weight is 371 g/mol. The van der Waals surface area contributed by atoms with E-state index in [1.807, 2.05) is 62.4 Å². The first-order chi connectivity index (χ1) is 13.6. The number of amides is 1. The molecule has 0 atom stereocenters. The van der Waals surface area contributed by atoms with Gasteiger partial charge >= 0.3 is 0 Å². The minimum Gasteiger partial charge on any atom is -0.339 e. The lowest BCUT2D eigenvalue weighted by Crippen LogP contribution is -2.13. The van der Waals surface area contributed by atoms with Crippen LogP contribution in [0.1, 0.15) is 23.4 Å². The van der Waals surface area contributed by atoms with Crippen LogP contribution >= 0.6 is 0 Å². The molecule has 5 nitrogen and oxygen atoms in total. The van der Waals surface area contributed by atoms with E-state index in [0.717, 1.165) is 27.6 Å². The molecule has 0 saturated carbocycles. The fourth-order valence-corrected chi connectivity index (χ4v) is 3.27. The van der Waals surface area contributed by atoms with E-state index >= 15 is 0 Å². The van der Waals surface area contributed by atoms with Crippen LogP contribution in [-0.2, 0) is 11.2 Å². The van der Waals surface area contributed by atoms with Crippen molar-refractivity contribution in [3.63, 3.8) is 0 Å². The smallest absolute Gasteiger partial charge is 0.227 e. The molecule has 0 unspecified atom stereocenters. The number of hydrogen-bond acceptors (Lipinski definition) is 4. The van der Waals surface area contributed by atoms with Gasteiger partial charge in [-0.2, -0.15) is 4.98 Å². The second-order valence-electron chi connectivity index (χ2n) is 6.90. The molecule has 1 heterocycles. The van der Waals surface area contributed by atoms with Crippen molar-refractivity contribution in [1.82, 2.24) is 10.1 Å². The molecule has 0 aliphatic carbocycles. The van der Waals surface area contributed by atoms with E-state index in [4.69, 9.17) is 4.52 Å². The molecule has 0 spiro atoms. The molecular formula is C23H21N3O2. The third-order valence-corrected chi connectivity index (χ3v) is 4.72. The van der Waals surface area contributed by atoms with Crippen molar-refractivity contribution >= 4 is 22.4 Å². The predicted octanol–water partition coefficient (Wildman–Crippen LogP) is 5.08. The van der Waals surface area contributed by atoms with Gasteiger partial charge in [-0.1, -0.05) is 65.3 Å². The van der Waals surface area contributed by atoms with Crippen molar-refractivity contribution < 1.29 is 9.32 Å². The van der Waals surface area contributed by atoms with Crippen LogP contribution in [0.5, 0.6) is 0 Å². The Morgan fingerprint density at radius 3 is 2.71 bits per heavy atom. The van der Waals surface area contributed by atoms with Gasteiger partial charge < -0.3 is 9.84 Å². The summed E-state index contributed by atoms with van der Waals surface area (Å²) in [5.74, 6) is 0.928. The molecule has 3 aromatic carbocycles. The van der Waals surface area contributed by atoms with Gasteiger partial charge in [0, 0.05) is 24.1 Å². The van der Waals surface area contributed by atoms with Gasteiger partial charge in [0.2, 0.25) is 17.6 Å². The molecule has 1 aromatic heterocycles. The summed E-state index contributed by atoms with van der Waals surface area (Å²) in [6.07, 6.45) is 0.680. The Kier molecular flexibility index (Phi) is 4.89. The Bertz CT molecular complexity index is 1140. The number of hydrogen-bond donors (Lipinski definition) is 1. The van der Waals surface area contributed by atoms with Gasteiger partial charge in [-0.05, 0) is 36.2 Å². The summed E-state index contributed by atoms with van der Waals surface area (Å²) in [6.45, 7) is 4.01. The van der Waals surface area contributed by atoms with Crippen LogP contribution in [-0.4, -0.2) is 16.0 Å². The number of aromatic nitrogens is 2. The molecule has 0 fully saturated rings. The van der Waals surface area contributed by atoms with E-state index in [0.29, 0.717) is 18.1 Å². The SMILES string of the molecule is Cc1ccc(NC(=O)CCc2nc(-c3cccc4ccccc34)no2)c(C)c1. The van der Waals surface area contributed by atoms with Gasteiger partial charge in [0.1, 0.15) is 0 Å². The van der Waals surface area contributed by atoms with E-state index in [2.05, 4.69) is 27.6 Å². The molecule has 0 aliphatic heterocycles. The lowest BCUT2D eigenvalue weighted by Gasteiger charge is -2.08. The Morgan fingerprint density at radius 2 is 1.86 bits per heavy atom. The first-order valence-corrected chi connectivity index (χ1v) is 9.28. The molecule has 1 amide bonds. The van der Waals surface area contributed by atoms with Crippen LogP contribution in [0.2, 0.25) is 0 Å². The van der Waals surface area contributed by atoms with Gasteiger partial charge in [-0.25, -0.2) is 0 Å². The summed E-state index contributed by atoms with van der Waals surface area (Å²) in [7, 11) is 0. The van der Waals surface area contributed by atoms with Crippen LogP contribution in [0, 0.1) is 13.8 Å². The molecule has 0 bridgehead atoms. The normalized spacial score (nSPS) is 10.9.